The quantitative estimate of drug-likeness (QED) is 0.829. The number of hydrogen-bond donors (Lipinski definition) is 2. The Morgan fingerprint density at radius 3 is 2.68 bits per heavy atom. The highest BCUT2D eigenvalue weighted by Crippen LogP contribution is 2.39. The smallest absolute Gasteiger partial charge is 0.276 e. The minimum absolute atomic E-state index is 0.103. The summed E-state index contributed by atoms with van der Waals surface area (Å²) < 4.78 is 0. The second-order valence-electron chi connectivity index (χ2n) is 6.20. The fourth-order valence-corrected chi connectivity index (χ4v) is 2.87. The lowest BCUT2D eigenvalue weighted by atomic mass is 9.98. The number of benzene rings is 1. The molecule has 1 aromatic rings. The van der Waals surface area contributed by atoms with E-state index < -0.39 is 5.54 Å². The fourth-order valence-electron chi connectivity index (χ4n) is 2.55. The molecular weight excluding hydrogens is 321 g/mol. The Hall–Kier alpha value is -1.28. The molecule has 0 bridgehead atoms. The van der Waals surface area contributed by atoms with Crippen molar-refractivity contribution in [3.05, 3.63) is 33.8 Å². The Morgan fingerprint density at radius 1 is 1.45 bits per heavy atom. The van der Waals surface area contributed by atoms with E-state index in [9.17, 15) is 10.1 Å². The first-order chi connectivity index (χ1) is 10.3. The van der Waals surface area contributed by atoms with E-state index in [4.69, 9.17) is 23.2 Å². The van der Waals surface area contributed by atoms with Crippen molar-refractivity contribution in [2.45, 2.75) is 31.8 Å². The zero-order chi connectivity index (χ0) is 16.3. The first kappa shape index (κ1) is 17.1. The van der Waals surface area contributed by atoms with E-state index in [0.29, 0.717) is 23.1 Å². The van der Waals surface area contributed by atoms with E-state index in [1.165, 1.54) is 0 Å². The van der Waals surface area contributed by atoms with Crippen LogP contribution in [0.4, 0.5) is 0 Å². The minimum Gasteiger partial charge on any atom is -0.333 e. The highest BCUT2D eigenvalue weighted by atomic mass is 35.5. The fraction of sp³-hybridized carbons (Fsp3) is 0.500. The van der Waals surface area contributed by atoms with Crippen LogP contribution in [0.2, 0.25) is 10.0 Å². The van der Waals surface area contributed by atoms with Gasteiger partial charge in [0.05, 0.1) is 23.2 Å². The number of nitrogens with zero attached hydrogens (tertiary/aromatic N) is 1. The molecule has 2 atom stereocenters. The lowest BCUT2D eigenvalue weighted by Crippen LogP contribution is -3.09. The van der Waals surface area contributed by atoms with Gasteiger partial charge in [-0.3, -0.25) is 4.79 Å². The molecule has 0 radical (unpaired) electrons. The lowest BCUT2D eigenvalue weighted by molar-refractivity contribution is -0.885. The van der Waals surface area contributed by atoms with Crippen molar-refractivity contribution in [1.82, 2.24) is 5.32 Å². The van der Waals surface area contributed by atoms with Crippen LogP contribution in [0, 0.1) is 17.2 Å². The summed E-state index contributed by atoms with van der Waals surface area (Å²) in [7, 11) is 1.93. The zero-order valence-corrected chi connectivity index (χ0v) is 14.3. The average molecular weight is 341 g/mol. The average Bonchev–Trinajstić information content (AvgIpc) is 3.27. The molecular formula is C16H20Cl2N3O+. The van der Waals surface area contributed by atoms with Gasteiger partial charge in [0.2, 0.25) is 0 Å². The summed E-state index contributed by atoms with van der Waals surface area (Å²) in [5.41, 5.74) is 0.283. The Kier molecular flexibility index (Phi) is 5.33. The molecule has 4 nitrogen and oxygen atoms in total. The van der Waals surface area contributed by atoms with Gasteiger partial charge in [-0.2, -0.15) is 5.26 Å². The van der Waals surface area contributed by atoms with E-state index in [1.54, 1.807) is 13.0 Å². The maximum Gasteiger partial charge on any atom is 0.276 e. The first-order valence-corrected chi connectivity index (χ1v) is 8.07. The SMILES string of the molecule is C[NH+](CC(=O)N[C@@](C)(C#N)C1CC1)Cc1ccc(Cl)c(Cl)c1. The first-order valence-electron chi connectivity index (χ1n) is 7.31. The highest BCUT2D eigenvalue weighted by molar-refractivity contribution is 6.42. The van der Waals surface area contributed by atoms with Crippen molar-refractivity contribution in [3.63, 3.8) is 0 Å². The van der Waals surface area contributed by atoms with Crippen molar-refractivity contribution in [2.24, 2.45) is 5.92 Å². The minimum atomic E-state index is -0.735. The van der Waals surface area contributed by atoms with E-state index in [1.807, 2.05) is 19.2 Å². The van der Waals surface area contributed by atoms with Gasteiger partial charge in [-0.05, 0) is 37.8 Å². The largest absolute Gasteiger partial charge is 0.333 e. The van der Waals surface area contributed by atoms with Crippen LogP contribution in [-0.2, 0) is 11.3 Å². The summed E-state index contributed by atoms with van der Waals surface area (Å²) in [5.74, 6) is 0.185. The Morgan fingerprint density at radius 2 is 2.14 bits per heavy atom. The van der Waals surface area contributed by atoms with E-state index >= 15 is 0 Å². The predicted octanol–water partition coefficient (Wildman–Crippen LogP) is 1.82. The summed E-state index contributed by atoms with van der Waals surface area (Å²) in [6.07, 6.45) is 2.02. The summed E-state index contributed by atoms with van der Waals surface area (Å²) in [4.78, 5) is 13.2. The maximum absolute atomic E-state index is 12.1. The van der Waals surface area contributed by atoms with E-state index in [-0.39, 0.29) is 11.8 Å². The summed E-state index contributed by atoms with van der Waals surface area (Å²) in [6.45, 7) is 2.78. The van der Waals surface area contributed by atoms with Crippen molar-refractivity contribution >= 4 is 29.1 Å². The predicted molar refractivity (Wildman–Crippen MR) is 86.8 cm³/mol. The van der Waals surface area contributed by atoms with Gasteiger partial charge in [0.25, 0.3) is 5.91 Å². The molecule has 1 aliphatic rings. The van der Waals surface area contributed by atoms with Gasteiger partial charge in [0.15, 0.2) is 6.54 Å². The molecule has 1 amide bonds. The number of nitriles is 1. The normalized spacial score (nSPS) is 18.1. The Bertz CT molecular complexity index is 610. The van der Waals surface area contributed by atoms with Crippen molar-refractivity contribution in [1.29, 1.82) is 5.26 Å². The molecule has 1 saturated carbocycles. The number of carbonyl (C=O) groups excluding carboxylic acids is 1. The van der Waals surface area contributed by atoms with Crippen LogP contribution in [0.25, 0.3) is 0 Å². The highest BCUT2D eigenvalue weighted by Gasteiger charge is 2.43. The molecule has 0 aliphatic heterocycles. The summed E-state index contributed by atoms with van der Waals surface area (Å²) >= 11 is 11.9. The van der Waals surface area contributed by atoms with Crippen LogP contribution in [0.5, 0.6) is 0 Å². The molecule has 2 N–H and O–H groups in total. The number of amides is 1. The molecule has 1 aromatic carbocycles. The van der Waals surface area contributed by atoms with Crippen molar-refractivity contribution in [2.75, 3.05) is 13.6 Å². The van der Waals surface area contributed by atoms with E-state index in [0.717, 1.165) is 23.3 Å². The molecule has 1 unspecified atom stereocenters. The molecule has 1 fully saturated rings. The van der Waals surface area contributed by atoms with Gasteiger partial charge in [0, 0.05) is 5.56 Å². The number of hydrogen-bond acceptors (Lipinski definition) is 2. The molecule has 2 rings (SSSR count). The molecule has 1 aliphatic carbocycles. The topological polar surface area (TPSA) is 57.3 Å². The van der Waals surface area contributed by atoms with Gasteiger partial charge < -0.3 is 10.2 Å². The third-order valence-corrected chi connectivity index (χ3v) is 4.72. The Balaban J connectivity index is 1.88. The van der Waals surface area contributed by atoms with Crippen molar-refractivity contribution in [3.8, 4) is 6.07 Å². The van der Waals surface area contributed by atoms with Crippen LogP contribution in [-0.4, -0.2) is 25.0 Å². The number of rotatable bonds is 6. The second kappa shape index (κ2) is 6.87. The van der Waals surface area contributed by atoms with Gasteiger partial charge in [-0.25, -0.2) is 0 Å². The third-order valence-electron chi connectivity index (χ3n) is 3.98. The number of quaternary nitrogens is 1. The summed E-state index contributed by atoms with van der Waals surface area (Å²) in [5, 5.41) is 13.2. The summed E-state index contributed by atoms with van der Waals surface area (Å²) in [6, 6.07) is 7.71. The molecule has 0 saturated heterocycles. The van der Waals surface area contributed by atoms with Crippen LogP contribution in [0.3, 0.4) is 0 Å². The molecule has 0 aromatic heterocycles. The molecule has 118 valence electrons. The zero-order valence-electron chi connectivity index (χ0n) is 12.7. The van der Waals surface area contributed by atoms with Crippen LogP contribution >= 0.6 is 23.2 Å². The van der Waals surface area contributed by atoms with Crippen molar-refractivity contribution < 1.29 is 9.69 Å². The van der Waals surface area contributed by atoms with Gasteiger partial charge in [-0.15, -0.1) is 0 Å². The van der Waals surface area contributed by atoms with Gasteiger partial charge >= 0.3 is 0 Å². The Labute approximate surface area is 141 Å². The monoisotopic (exact) mass is 340 g/mol. The van der Waals surface area contributed by atoms with Crippen LogP contribution < -0.4 is 10.2 Å². The molecule has 0 heterocycles. The second-order valence-corrected chi connectivity index (χ2v) is 7.01. The number of carbonyl (C=O) groups is 1. The number of nitrogens with one attached hydrogen (secondary N) is 2. The standard InChI is InChI=1S/C16H19Cl2N3O/c1-16(10-19,12-4-5-12)20-15(22)9-21(2)8-11-3-6-13(17)14(18)7-11/h3,6-7,12H,4-5,8-9H2,1-2H3,(H,20,22)/p+1/t16-/m0/s1. The van der Waals surface area contributed by atoms with Crippen LogP contribution in [0.15, 0.2) is 18.2 Å². The number of halogens is 2. The molecule has 6 heteroatoms. The molecule has 22 heavy (non-hydrogen) atoms. The molecule has 0 spiro atoms. The van der Waals surface area contributed by atoms with Crippen LogP contribution in [0.1, 0.15) is 25.3 Å². The van der Waals surface area contributed by atoms with Gasteiger partial charge in [-0.1, -0.05) is 29.3 Å². The van der Waals surface area contributed by atoms with Gasteiger partial charge in [0.1, 0.15) is 12.1 Å². The number of likely N-dealkylation sites (N-methyl/N-ethyl adjacent to an activating group) is 1. The third kappa shape index (κ3) is 4.36. The van der Waals surface area contributed by atoms with E-state index in [2.05, 4.69) is 11.4 Å². The lowest BCUT2D eigenvalue weighted by Gasteiger charge is -2.23. The maximum atomic E-state index is 12.1.